The minimum absolute atomic E-state index is 0.0262. The highest BCUT2D eigenvalue weighted by Crippen LogP contribution is 2.52. The first-order valence-electron chi connectivity index (χ1n) is 14.1. The first-order chi connectivity index (χ1) is 20.1. The molecule has 42 heavy (non-hydrogen) atoms. The van der Waals surface area contributed by atoms with E-state index < -0.39 is 24.4 Å². The second kappa shape index (κ2) is 12.5. The highest BCUT2D eigenvalue weighted by molar-refractivity contribution is 5.82. The van der Waals surface area contributed by atoms with Crippen molar-refractivity contribution in [1.29, 1.82) is 0 Å². The summed E-state index contributed by atoms with van der Waals surface area (Å²) in [5.41, 5.74) is 2.77. The van der Waals surface area contributed by atoms with E-state index in [9.17, 15) is 27.2 Å². The van der Waals surface area contributed by atoms with E-state index in [0.29, 0.717) is 44.6 Å². The van der Waals surface area contributed by atoms with Gasteiger partial charge in [0.25, 0.3) is 0 Å². The molecule has 3 aromatic rings. The van der Waals surface area contributed by atoms with Crippen molar-refractivity contribution in [3.05, 3.63) is 95.3 Å². The number of piperazine rings is 1. The van der Waals surface area contributed by atoms with Crippen LogP contribution < -0.4 is 5.32 Å². The number of fused-ring (bicyclic) bond motifs is 3. The molecule has 0 saturated carbocycles. The molecule has 6 nitrogen and oxygen atoms in total. The first kappa shape index (κ1) is 29.6. The maximum atomic E-state index is 13.5. The SMILES string of the molecule is O=C(NCC(F)(F)F)OC1(CCCCN2CCN(C(=O)Cc3cccc(F)c3)CC2)c2ccccc2-c2ccccc21. The third-order valence-corrected chi connectivity index (χ3v) is 7.94. The average Bonchev–Trinajstić information content (AvgIpc) is 3.24. The van der Waals surface area contributed by atoms with Crippen LogP contribution in [0.15, 0.2) is 72.8 Å². The van der Waals surface area contributed by atoms with Gasteiger partial charge in [0.1, 0.15) is 12.4 Å². The molecule has 0 bridgehead atoms. The number of halogens is 4. The molecule has 1 saturated heterocycles. The Labute approximate surface area is 242 Å². The minimum Gasteiger partial charge on any atom is -0.433 e. The number of amides is 2. The number of nitrogens with zero attached hydrogens (tertiary/aromatic N) is 2. The van der Waals surface area contributed by atoms with Gasteiger partial charge in [0.05, 0.1) is 6.42 Å². The maximum Gasteiger partial charge on any atom is 0.408 e. The number of benzene rings is 3. The molecular formula is C32H33F4N3O3. The Kier molecular flexibility index (Phi) is 8.82. The number of rotatable bonds is 9. The smallest absolute Gasteiger partial charge is 0.408 e. The van der Waals surface area contributed by atoms with E-state index in [1.54, 1.807) is 17.0 Å². The lowest BCUT2D eigenvalue weighted by Gasteiger charge is -2.35. The largest absolute Gasteiger partial charge is 0.433 e. The van der Waals surface area contributed by atoms with E-state index in [1.807, 2.05) is 53.8 Å². The minimum atomic E-state index is -4.55. The molecule has 1 heterocycles. The van der Waals surface area contributed by atoms with Crippen molar-refractivity contribution in [2.45, 2.75) is 37.5 Å². The van der Waals surface area contributed by atoms with Crippen LogP contribution in [-0.2, 0) is 21.6 Å². The second-order valence-electron chi connectivity index (χ2n) is 10.8. The monoisotopic (exact) mass is 583 g/mol. The van der Waals surface area contributed by atoms with Gasteiger partial charge in [-0.2, -0.15) is 13.2 Å². The van der Waals surface area contributed by atoms with Crippen LogP contribution in [0.3, 0.4) is 0 Å². The van der Waals surface area contributed by atoms with E-state index >= 15 is 0 Å². The topological polar surface area (TPSA) is 61.9 Å². The Balaban J connectivity index is 1.20. The van der Waals surface area contributed by atoms with Crippen molar-refractivity contribution in [3.63, 3.8) is 0 Å². The number of hydrogen-bond acceptors (Lipinski definition) is 4. The summed E-state index contributed by atoms with van der Waals surface area (Å²) >= 11 is 0. The zero-order valence-electron chi connectivity index (χ0n) is 23.1. The van der Waals surface area contributed by atoms with Crippen molar-refractivity contribution < 1.29 is 31.9 Å². The van der Waals surface area contributed by atoms with E-state index in [2.05, 4.69) is 4.90 Å². The third-order valence-electron chi connectivity index (χ3n) is 7.94. The molecule has 2 aliphatic rings. The summed E-state index contributed by atoms with van der Waals surface area (Å²) in [4.78, 5) is 29.4. The molecule has 0 aromatic heterocycles. The van der Waals surface area contributed by atoms with Crippen molar-refractivity contribution in [2.75, 3.05) is 39.3 Å². The van der Waals surface area contributed by atoms with Crippen LogP contribution in [0.5, 0.6) is 0 Å². The van der Waals surface area contributed by atoms with Crippen LogP contribution in [-0.4, -0.2) is 67.2 Å². The molecular weight excluding hydrogens is 550 g/mol. The normalized spacial score (nSPS) is 16.0. The zero-order valence-corrected chi connectivity index (χ0v) is 23.1. The van der Waals surface area contributed by atoms with Crippen LogP contribution in [0.1, 0.15) is 36.0 Å². The third kappa shape index (κ3) is 6.75. The molecule has 0 radical (unpaired) electrons. The van der Waals surface area contributed by atoms with Gasteiger partial charge in [-0.15, -0.1) is 0 Å². The van der Waals surface area contributed by atoms with Gasteiger partial charge in [0.15, 0.2) is 5.60 Å². The van der Waals surface area contributed by atoms with Crippen LogP contribution in [0.25, 0.3) is 11.1 Å². The van der Waals surface area contributed by atoms with Crippen molar-refractivity contribution >= 4 is 12.0 Å². The zero-order chi connectivity index (χ0) is 29.7. The molecule has 2 amide bonds. The summed E-state index contributed by atoms with van der Waals surface area (Å²) in [6.07, 6.45) is -3.65. The van der Waals surface area contributed by atoms with Gasteiger partial charge >= 0.3 is 12.3 Å². The van der Waals surface area contributed by atoms with Gasteiger partial charge in [0, 0.05) is 37.3 Å². The molecule has 0 unspecified atom stereocenters. The molecule has 1 aliphatic heterocycles. The van der Waals surface area contributed by atoms with Gasteiger partial charge in [-0.05, 0) is 54.6 Å². The summed E-state index contributed by atoms with van der Waals surface area (Å²) in [5, 5.41) is 1.86. The van der Waals surface area contributed by atoms with E-state index in [-0.39, 0.29) is 18.1 Å². The molecule has 3 aromatic carbocycles. The molecule has 1 fully saturated rings. The highest BCUT2D eigenvalue weighted by Gasteiger charge is 2.46. The van der Waals surface area contributed by atoms with Gasteiger partial charge in [-0.3, -0.25) is 9.69 Å². The second-order valence-corrected chi connectivity index (χ2v) is 10.8. The molecule has 10 heteroatoms. The molecule has 5 rings (SSSR count). The summed E-state index contributed by atoms with van der Waals surface area (Å²) in [5.74, 6) is -0.384. The Morgan fingerprint density at radius 3 is 2.12 bits per heavy atom. The fraction of sp³-hybridized carbons (Fsp3) is 0.375. The van der Waals surface area contributed by atoms with Crippen LogP contribution in [0.2, 0.25) is 0 Å². The summed E-state index contributed by atoms with van der Waals surface area (Å²) in [7, 11) is 0. The summed E-state index contributed by atoms with van der Waals surface area (Å²) < 4.78 is 57.8. The number of carbonyl (C=O) groups excluding carboxylic acids is 2. The van der Waals surface area contributed by atoms with Gasteiger partial charge in [-0.25, -0.2) is 9.18 Å². The van der Waals surface area contributed by atoms with E-state index in [1.165, 1.54) is 12.1 Å². The van der Waals surface area contributed by atoms with Crippen molar-refractivity contribution in [3.8, 4) is 11.1 Å². The summed E-state index contributed by atoms with van der Waals surface area (Å²) in [6.45, 7) is 1.89. The molecule has 222 valence electrons. The Hall–Kier alpha value is -3.92. The lowest BCUT2D eigenvalue weighted by molar-refractivity contribution is -0.132. The van der Waals surface area contributed by atoms with Gasteiger partial charge in [0.2, 0.25) is 5.91 Å². The van der Waals surface area contributed by atoms with Crippen molar-refractivity contribution in [2.24, 2.45) is 0 Å². The molecule has 0 spiro atoms. The molecule has 1 aliphatic carbocycles. The number of alkyl carbamates (subject to hydrolysis) is 1. The highest BCUT2D eigenvalue weighted by atomic mass is 19.4. The maximum absolute atomic E-state index is 13.5. The lowest BCUT2D eigenvalue weighted by atomic mass is 9.86. The Bertz CT molecular complexity index is 1370. The molecule has 1 N–H and O–H groups in total. The Morgan fingerprint density at radius 1 is 0.857 bits per heavy atom. The number of unbranched alkanes of at least 4 members (excludes halogenated alkanes) is 1. The van der Waals surface area contributed by atoms with Gasteiger partial charge in [-0.1, -0.05) is 60.7 Å². The van der Waals surface area contributed by atoms with Crippen molar-refractivity contribution in [1.82, 2.24) is 15.1 Å². The Morgan fingerprint density at radius 2 is 1.50 bits per heavy atom. The van der Waals surface area contributed by atoms with E-state index in [4.69, 9.17) is 4.74 Å². The van der Waals surface area contributed by atoms with Gasteiger partial charge < -0.3 is 15.0 Å². The number of ether oxygens (including phenoxy) is 1. The number of carbonyl (C=O) groups is 2. The standard InChI is InChI=1S/C32H33F4N3O3/c33-24-9-7-8-23(20-24)21-29(40)39-18-16-38(17-19-39)15-6-5-14-31(42-30(41)37-22-32(34,35)36)27-12-3-1-10-25(27)26-11-2-4-13-28(26)31/h1-4,7-13,20H,5-6,14-19,21-22H2,(H,37,41). The first-order valence-corrected chi connectivity index (χ1v) is 14.1. The predicted molar refractivity (Wildman–Crippen MR) is 150 cm³/mol. The number of hydrogen-bond donors (Lipinski definition) is 1. The van der Waals surface area contributed by atoms with E-state index in [0.717, 1.165) is 35.2 Å². The average molecular weight is 584 g/mol. The molecule has 0 atom stereocenters. The summed E-state index contributed by atoms with van der Waals surface area (Å²) in [6, 6.07) is 21.1. The lowest BCUT2D eigenvalue weighted by Crippen LogP contribution is -2.49. The quantitative estimate of drug-likeness (QED) is 0.252. The van der Waals surface area contributed by atoms with Crippen LogP contribution in [0, 0.1) is 5.82 Å². The fourth-order valence-electron chi connectivity index (χ4n) is 5.95. The number of alkyl halides is 3. The number of nitrogens with one attached hydrogen (secondary N) is 1. The fourth-order valence-corrected chi connectivity index (χ4v) is 5.95. The van der Waals surface area contributed by atoms with Crippen LogP contribution >= 0.6 is 0 Å². The van der Waals surface area contributed by atoms with Crippen LogP contribution in [0.4, 0.5) is 22.4 Å². The predicted octanol–water partition coefficient (Wildman–Crippen LogP) is 5.90.